The molecule has 2 fully saturated rings. The van der Waals surface area contributed by atoms with Gasteiger partial charge in [-0.2, -0.15) is 0 Å². The molecule has 1 unspecified atom stereocenters. The first-order valence-electron chi connectivity index (χ1n) is 10.6. The standard InChI is InChI=1S/C21H29N7O2S/c1-23-15-6-7-28(12-15)21-25-17(14-31-21)20(30)24-16-4-2-3-5-18(16)27-10-8-26(9-11-27)13-19(22)29/h2-5,14-15,23H,6-13H2,1H3,(H2,22,29)(H,24,30). The maximum atomic E-state index is 12.9. The Bertz CT molecular complexity index is 926. The number of hydrogen-bond donors (Lipinski definition) is 3. The minimum absolute atomic E-state index is 0.202. The molecule has 3 heterocycles. The number of carbonyl (C=O) groups is 2. The number of likely N-dealkylation sites (N-methyl/N-ethyl adjacent to an activating group) is 1. The van der Waals surface area contributed by atoms with Gasteiger partial charge in [0.05, 0.1) is 17.9 Å². The number of aromatic nitrogens is 1. The molecule has 0 saturated carbocycles. The molecule has 0 bridgehead atoms. The van der Waals surface area contributed by atoms with Crippen LogP contribution in [0.25, 0.3) is 0 Å². The van der Waals surface area contributed by atoms with Gasteiger partial charge in [-0.1, -0.05) is 12.1 Å². The zero-order valence-corrected chi connectivity index (χ0v) is 18.5. The van der Waals surface area contributed by atoms with Gasteiger partial charge in [0.1, 0.15) is 5.69 Å². The molecule has 2 aliphatic rings. The highest BCUT2D eigenvalue weighted by atomic mass is 32.1. The third kappa shape index (κ3) is 5.15. The fraction of sp³-hybridized carbons (Fsp3) is 0.476. The second-order valence-corrected chi connectivity index (χ2v) is 8.77. The Hall–Kier alpha value is -2.69. The van der Waals surface area contributed by atoms with Gasteiger partial charge < -0.3 is 26.2 Å². The van der Waals surface area contributed by atoms with Gasteiger partial charge in [-0.15, -0.1) is 11.3 Å². The fourth-order valence-electron chi connectivity index (χ4n) is 4.09. The normalized spacial score (nSPS) is 19.6. The van der Waals surface area contributed by atoms with E-state index in [1.807, 2.05) is 41.6 Å². The summed E-state index contributed by atoms with van der Waals surface area (Å²) in [5.74, 6) is -0.508. The first-order valence-corrected chi connectivity index (χ1v) is 11.4. The first-order chi connectivity index (χ1) is 15.0. The van der Waals surface area contributed by atoms with Gasteiger partial charge in [0.2, 0.25) is 5.91 Å². The van der Waals surface area contributed by atoms with E-state index in [1.165, 1.54) is 11.3 Å². The lowest BCUT2D eigenvalue weighted by atomic mass is 10.2. The predicted octanol–water partition coefficient (Wildman–Crippen LogP) is 0.801. The highest BCUT2D eigenvalue weighted by molar-refractivity contribution is 7.14. The monoisotopic (exact) mass is 443 g/mol. The van der Waals surface area contributed by atoms with Crippen molar-refractivity contribution in [1.29, 1.82) is 0 Å². The maximum Gasteiger partial charge on any atom is 0.275 e. The van der Waals surface area contributed by atoms with Crippen molar-refractivity contribution in [2.75, 3.05) is 68.0 Å². The molecule has 2 amide bonds. The molecule has 2 saturated heterocycles. The summed E-state index contributed by atoms with van der Waals surface area (Å²) in [6.07, 6.45) is 1.08. The van der Waals surface area contributed by atoms with Crippen molar-refractivity contribution in [2.24, 2.45) is 5.73 Å². The molecule has 1 aromatic heterocycles. The summed E-state index contributed by atoms with van der Waals surface area (Å²) in [4.78, 5) is 35.1. The number of nitrogens with two attached hydrogens (primary N) is 1. The molecular formula is C21H29N7O2S. The minimum Gasteiger partial charge on any atom is -0.369 e. The summed E-state index contributed by atoms with van der Waals surface area (Å²) in [5, 5.41) is 9.05. The van der Waals surface area contributed by atoms with Crippen LogP contribution < -0.4 is 26.2 Å². The predicted molar refractivity (Wildman–Crippen MR) is 124 cm³/mol. The van der Waals surface area contributed by atoms with Crippen LogP contribution in [0.1, 0.15) is 16.9 Å². The van der Waals surface area contributed by atoms with Crippen molar-refractivity contribution in [1.82, 2.24) is 15.2 Å². The van der Waals surface area contributed by atoms with E-state index in [4.69, 9.17) is 5.73 Å². The van der Waals surface area contributed by atoms with Crippen LogP contribution in [0.2, 0.25) is 0 Å². The summed E-state index contributed by atoms with van der Waals surface area (Å²) in [5.41, 5.74) is 7.48. The number of carbonyl (C=O) groups excluding carboxylic acids is 2. The highest BCUT2D eigenvalue weighted by Crippen LogP contribution is 2.29. The van der Waals surface area contributed by atoms with Crippen molar-refractivity contribution < 1.29 is 9.59 Å². The van der Waals surface area contributed by atoms with Crippen molar-refractivity contribution in [3.63, 3.8) is 0 Å². The van der Waals surface area contributed by atoms with Gasteiger partial charge in [0, 0.05) is 50.7 Å². The Morgan fingerprint density at radius 2 is 1.94 bits per heavy atom. The average Bonchev–Trinajstić information content (AvgIpc) is 3.44. The van der Waals surface area contributed by atoms with E-state index in [9.17, 15) is 9.59 Å². The van der Waals surface area contributed by atoms with Crippen LogP contribution in [0.3, 0.4) is 0 Å². The molecule has 0 radical (unpaired) electrons. The SMILES string of the molecule is CNC1CCN(c2nc(C(=O)Nc3ccccc3N3CCN(CC(N)=O)CC3)cs2)C1. The summed E-state index contributed by atoms with van der Waals surface area (Å²) in [6, 6.07) is 8.27. The van der Waals surface area contributed by atoms with Crippen LogP contribution in [0.4, 0.5) is 16.5 Å². The Kier molecular flexibility index (Phi) is 6.69. The largest absolute Gasteiger partial charge is 0.369 e. The van der Waals surface area contributed by atoms with Crippen molar-refractivity contribution in [3.05, 3.63) is 35.3 Å². The summed E-state index contributed by atoms with van der Waals surface area (Å²) in [7, 11) is 1.98. The number of primary amides is 1. The summed E-state index contributed by atoms with van der Waals surface area (Å²) >= 11 is 1.51. The Morgan fingerprint density at radius 1 is 1.16 bits per heavy atom. The quantitative estimate of drug-likeness (QED) is 0.581. The van der Waals surface area contributed by atoms with Crippen LogP contribution in [0.5, 0.6) is 0 Å². The third-order valence-corrected chi connectivity index (χ3v) is 6.74. The molecule has 166 valence electrons. The average molecular weight is 444 g/mol. The van der Waals surface area contributed by atoms with E-state index in [-0.39, 0.29) is 18.4 Å². The van der Waals surface area contributed by atoms with Crippen LogP contribution in [0, 0.1) is 0 Å². The van der Waals surface area contributed by atoms with Gasteiger partial charge in [0.25, 0.3) is 5.91 Å². The van der Waals surface area contributed by atoms with Crippen molar-refractivity contribution >= 4 is 39.7 Å². The second kappa shape index (κ2) is 9.63. The number of nitrogens with zero attached hydrogens (tertiary/aromatic N) is 4. The smallest absolute Gasteiger partial charge is 0.275 e. The fourth-order valence-corrected chi connectivity index (χ4v) is 4.93. The molecule has 4 rings (SSSR count). The van der Waals surface area contributed by atoms with Gasteiger partial charge in [-0.05, 0) is 25.6 Å². The van der Waals surface area contributed by atoms with Crippen LogP contribution in [0.15, 0.2) is 29.6 Å². The van der Waals surface area contributed by atoms with E-state index in [0.717, 1.165) is 62.2 Å². The molecular weight excluding hydrogens is 414 g/mol. The number of amides is 2. The Morgan fingerprint density at radius 3 is 2.65 bits per heavy atom. The first kappa shape index (κ1) is 21.5. The van der Waals surface area contributed by atoms with Gasteiger partial charge in [0.15, 0.2) is 5.13 Å². The van der Waals surface area contributed by atoms with Crippen molar-refractivity contribution in [2.45, 2.75) is 12.5 Å². The Balaban J connectivity index is 1.40. The molecule has 1 aromatic carbocycles. The van der Waals surface area contributed by atoms with Crippen LogP contribution >= 0.6 is 11.3 Å². The second-order valence-electron chi connectivity index (χ2n) is 7.94. The number of thiazole rings is 1. The van der Waals surface area contributed by atoms with Crippen LogP contribution in [-0.2, 0) is 4.79 Å². The maximum absolute atomic E-state index is 12.9. The lowest BCUT2D eigenvalue weighted by Crippen LogP contribution is -2.49. The number of para-hydroxylation sites is 2. The number of piperazine rings is 1. The van der Waals surface area contributed by atoms with Gasteiger partial charge in [-0.3, -0.25) is 14.5 Å². The zero-order valence-electron chi connectivity index (χ0n) is 17.7. The molecule has 0 spiro atoms. The third-order valence-electron chi connectivity index (χ3n) is 5.84. The molecule has 1 atom stereocenters. The van der Waals surface area contributed by atoms with Gasteiger partial charge in [-0.25, -0.2) is 4.98 Å². The lowest BCUT2D eigenvalue weighted by Gasteiger charge is -2.36. The summed E-state index contributed by atoms with van der Waals surface area (Å²) in [6.45, 7) is 5.18. The minimum atomic E-state index is -0.306. The van der Waals surface area contributed by atoms with E-state index < -0.39 is 0 Å². The lowest BCUT2D eigenvalue weighted by molar-refractivity contribution is -0.119. The number of anilines is 3. The van der Waals surface area contributed by atoms with Crippen molar-refractivity contribution in [3.8, 4) is 0 Å². The number of hydrogen-bond acceptors (Lipinski definition) is 8. The highest BCUT2D eigenvalue weighted by Gasteiger charge is 2.25. The topological polar surface area (TPSA) is 107 Å². The molecule has 2 aliphatic heterocycles. The number of nitrogens with one attached hydrogen (secondary N) is 2. The van der Waals surface area contributed by atoms with E-state index in [0.29, 0.717) is 11.7 Å². The molecule has 2 aromatic rings. The summed E-state index contributed by atoms with van der Waals surface area (Å²) < 4.78 is 0. The van der Waals surface area contributed by atoms with Crippen LogP contribution in [-0.4, -0.2) is 80.6 Å². The molecule has 31 heavy (non-hydrogen) atoms. The zero-order chi connectivity index (χ0) is 21.8. The van der Waals surface area contributed by atoms with E-state index >= 15 is 0 Å². The molecule has 10 heteroatoms. The molecule has 0 aliphatic carbocycles. The number of rotatable bonds is 7. The molecule has 9 nitrogen and oxygen atoms in total. The van der Waals surface area contributed by atoms with E-state index in [1.54, 1.807) is 0 Å². The number of benzene rings is 1. The Labute approximate surface area is 186 Å². The van der Waals surface area contributed by atoms with Gasteiger partial charge >= 0.3 is 0 Å². The van der Waals surface area contributed by atoms with E-state index in [2.05, 4.69) is 25.4 Å². The molecule has 4 N–H and O–H groups in total.